The molecule has 0 saturated carbocycles. The van der Waals surface area contributed by atoms with Gasteiger partial charge < -0.3 is 114 Å². The molecule has 34 nitrogen and oxygen atoms in total. The fourth-order valence-electron chi connectivity index (χ4n) is 18.0. The van der Waals surface area contributed by atoms with Crippen molar-refractivity contribution in [2.75, 3.05) is 19.8 Å². The first-order chi connectivity index (χ1) is 64.3. The van der Waals surface area contributed by atoms with Gasteiger partial charge in [0.05, 0.1) is 69.9 Å². The molecular weight excluding hydrogens is 1760 g/mol. The Bertz CT molecular complexity index is 3210. The number of hydrogen-bond acceptors (Lipinski definition) is 27. The smallest absolute Gasteiger partial charge is 0.470 e. The number of phosphoric acid groups is 1. The molecule has 134 heavy (non-hydrogen) atoms. The SMILES string of the molecule is CCCCCCCCCCC[C@H](CC(=O)NC1C(CC[C@@H](CC(=O)O)NC(=O)C[C@@H](CCCCCCCCCCC)OC(=O)CCCCCCCCC)OC(COC2(C(=O)O)CC(OC3(C(=O)O)CC(O)C(O)C([C@H](O)CO)O3)C(O)C([C@H](O)CO)O2)C(OP(=O)(O)O)C1OC(=O)C[C@@H](CCCCCCCCCCC)OC(=O)CCCCCCCCC)OC(=O)CCCCCCCCC. The van der Waals surface area contributed by atoms with Crippen LogP contribution in [0.5, 0.6) is 0 Å². The van der Waals surface area contributed by atoms with Gasteiger partial charge in [0, 0.05) is 38.1 Å². The number of carbonyl (C=O) groups excluding carboxylic acids is 6. The number of phosphoric ester groups is 1. The highest BCUT2D eigenvalue weighted by atomic mass is 31.2. The Labute approximate surface area is 798 Å². The van der Waals surface area contributed by atoms with Crippen LogP contribution in [0, 0.1) is 0 Å². The molecule has 19 atom stereocenters. The molecular formula is C99H179N2O32P. The van der Waals surface area contributed by atoms with E-state index < -0.39 is 248 Å². The number of esters is 4. The number of aliphatic carboxylic acids is 3. The van der Waals surface area contributed by atoms with E-state index in [4.69, 9.17) is 47.2 Å². The third-order valence-electron chi connectivity index (χ3n) is 25.8. The number of unbranched alkanes of at least 4 members (excludes halogenated alkanes) is 42. The molecule has 0 spiro atoms. The molecule has 13 unspecified atom stereocenters. The first-order valence-electron chi connectivity index (χ1n) is 52.0. The maximum atomic E-state index is 15.6. The zero-order valence-corrected chi connectivity index (χ0v) is 83.2. The predicted molar refractivity (Wildman–Crippen MR) is 502 cm³/mol. The van der Waals surface area contributed by atoms with E-state index in [1.54, 1.807) is 0 Å². The molecule has 0 bridgehead atoms. The van der Waals surface area contributed by atoms with Crippen LogP contribution in [0.1, 0.15) is 440 Å². The van der Waals surface area contributed by atoms with Crippen LogP contribution in [-0.4, -0.2) is 249 Å². The lowest BCUT2D eigenvalue weighted by molar-refractivity contribution is -0.376. The largest absolute Gasteiger partial charge is 0.481 e. The van der Waals surface area contributed by atoms with Crippen molar-refractivity contribution in [3.63, 3.8) is 0 Å². The number of amides is 2. The van der Waals surface area contributed by atoms with Crippen molar-refractivity contribution in [3.8, 4) is 0 Å². The summed E-state index contributed by atoms with van der Waals surface area (Å²) in [4.78, 5) is 151. The molecule has 3 heterocycles. The minimum absolute atomic E-state index is 0.0128. The van der Waals surface area contributed by atoms with Gasteiger partial charge in [-0.25, -0.2) is 14.2 Å². The van der Waals surface area contributed by atoms with E-state index >= 15 is 9.59 Å². The van der Waals surface area contributed by atoms with Crippen molar-refractivity contribution < 1.29 is 156 Å². The van der Waals surface area contributed by atoms with Crippen molar-refractivity contribution in [2.24, 2.45) is 0 Å². The van der Waals surface area contributed by atoms with E-state index in [1.807, 2.05) is 0 Å². The number of hydrogen-bond donors (Lipinski definition) is 14. The van der Waals surface area contributed by atoms with Gasteiger partial charge in [0.1, 0.15) is 67.1 Å². The lowest BCUT2D eigenvalue weighted by Crippen LogP contribution is -2.69. The highest BCUT2D eigenvalue weighted by Crippen LogP contribution is 2.46. The average molecular weight is 1940 g/mol. The third kappa shape index (κ3) is 52.4. The molecule has 0 aromatic heterocycles. The Morgan fingerprint density at radius 1 is 0.410 bits per heavy atom. The van der Waals surface area contributed by atoms with E-state index in [9.17, 15) is 99.0 Å². The fraction of sp³-hybridized carbons (Fsp3) is 0.909. The van der Waals surface area contributed by atoms with Crippen LogP contribution in [-0.2, 0) is 94.9 Å². The van der Waals surface area contributed by atoms with E-state index in [0.29, 0.717) is 64.2 Å². The molecule has 782 valence electrons. The number of nitrogens with one attached hydrogen (secondary N) is 2. The molecule has 3 rings (SSSR count). The Kier molecular flexibility index (Phi) is 67.0. The molecule has 3 aliphatic heterocycles. The summed E-state index contributed by atoms with van der Waals surface area (Å²) in [6.07, 6.45) is 8.93. The maximum Gasteiger partial charge on any atom is 0.470 e. The van der Waals surface area contributed by atoms with Crippen molar-refractivity contribution in [3.05, 3.63) is 0 Å². The summed E-state index contributed by atoms with van der Waals surface area (Å²) in [5.74, 6) is -17.0. The summed E-state index contributed by atoms with van der Waals surface area (Å²) < 4.78 is 74.9. The van der Waals surface area contributed by atoms with Gasteiger partial charge in [0.2, 0.25) is 11.8 Å². The zero-order chi connectivity index (χ0) is 99.0. The van der Waals surface area contributed by atoms with Crippen molar-refractivity contribution >= 4 is 61.4 Å². The van der Waals surface area contributed by atoms with Crippen molar-refractivity contribution in [1.29, 1.82) is 0 Å². The Balaban J connectivity index is 2.47. The summed E-state index contributed by atoms with van der Waals surface area (Å²) >= 11 is 0. The predicted octanol–water partition coefficient (Wildman–Crippen LogP) is 15.8. The first kappa shape index (κ1) is 123. The topological polar surface area (TPSA) is 530 Å². The van der Waals surface area contributed by atoms with Gasteiger partial charge in [-0.2, -0.15) is 0 Å². The normalized spacial score (nSPS) is 23.4. The van der Waals surface area contributed by atoms with Crippen LogP contribution >= 0.6 is 7.82 Å². The van der Waals surface area contributed by atoms with Gasteiger partial charge in [-0.05, 0) is 70.6 Å². The van der Waals surface area contributed by atoms with E-state index in [1.165, 1.54) is 0 Å². The van der Waals surface area contributed by atoms with Gasteiger partial charge in [-0.1, -0.05) is 311 Å². The van der Waals surface area contributed by atoms with Gasteiger partial charge in [0.15, 0.2) is 6.10 Å². The average Bonchev–Trinajstić information content (AvgIpc) is 0.428. The number of aliphatic hydroxyl groups is 7. The summed E-state index contributed by atoms with van der Waals surface area (Å²) in [7, 11) is -6.05. The first-order valence-corrected chi connectivity index (χ1v) is 53.6. The standard InChI is InChI=1S/C99H179N2O32P/c1-7-13-19-25-31-34-40-43-49-55-73(125-85(111)58-52-46-37-28-22-16-10-4)64-82(107)100-72(63-84(109)110)61-62-79-89(101-83(108)65-74(56-50-44-41-35-32-26-20-14-8-2)126-86(112)59-53-47-38-29-23-17-11-5)95(129-88(114)66-75(57-51-45-42-36-33-27-21-15-9-3)127-87(113)60-54-48-39-30-24-18-12-6)94(133-134(121,122)123)81(128-79)71-124-98(96(117)118)68-80(91(116)93(131-98)78(106)70-103)130-99(97(119)120)67-76(104)90(115)92(132-99)77(105)69-102/h72-81,89-95,102-106,115-116H,7-71H2,1-6H3,(H,100,107)(H,101,108)(H,109,110)(H,117,118)(H,119,120)(H2,121,122,123)/t72-,73+,74+,75+,76?,77+,78+,79?,80?,81?,89?,90?,91?,92?,93?,94?,95?,98?,99?/m0/s1. The molecule has 3 aliphatic rings. The van der Waals surface area contributed by atoms with Gasteiger partial charge in [-0.3, -0.25) is 38.1 Å². The number of rotatable bonds is 84. The lowest BCUT2D eigenvalue weighted by Gasteiger charge is -2.50. The second-order valence-electron chi connectivity index (χ2n) is 37.9. The van der Waals surface area contributed by atoms with E-state index in [0.717, 1.165) is 250 Å². The Hall–Kier alpha value is -5.14. The minimum atomic E-state index is -6.05. The van der Waals surface area contributed by atoms with Gasteiger partial charge in [-0.15, -0.1) is 0 Å². The van der Waals surface area contributed by atoms with Crippen LogP contribution in [0.3, 0.4) is 0 Å². The Morgan fingerprint density at radius 2 is 0.761 bits per heavy atom. The monoisotopic (exact) mass is 1940 g/mol. The van der Waals surface area contributed by atoms with Crippen LogP contribution in [0.25, 0.3) is 0 Å². The lowest BCUT2D eigenvalue weighted by atomic mass is 9.88. The second-order valence-corrected chi connectivity index (χ2v) is 39.1. The van der Waals surface area contributed by atoms with E-state index in [-0.39, 0.29) is 32.1 Å². The molecule has 0 aliphatic carbocycles. The molecule has 0 radical (unpaired) electrons. The number of carbonyl (C=O) groups is 9. The summed E-state index contributed by atoms with van der Waals surface area (Å²) in [5, 5.41) is 115. The number of aliphatic hydroxyl groups excluding tert-OH is 7. The highest BCUT2D eigenvalue weighted by molar-refractivity contribution is 7.46. The number of carboxylic acid groups (broad SMARTS) is 3. The van der Waals surface area contributed by atoms with E-state index in [2.05, 4.69) is 52.2 Å². The van der Waals surface area contributed by atoms with Crippen LogP contribution in [0.2, 0.25) is 0 Å². The molecule has 0 aromatic carbocycles. The molecule has 3 fully saturated rings. The summed E-state index contributed by atoms with van der Waals surface area (Å²) in [6, 6.07) is -3.28. The maximum absolute atomic E-state index is 15.6. The summed E-state index contributed by atoms with van der Waals surface area (Å²) in [6.45, 7) is 8.87. The Morgan fingerprint density at radius 3 is 1.13 bits per heavy atom. The molecule has 35 heteroatoms. The number of carboxylic acids is 3. The van der Waals surface area contributed by atoms with Gasteiger partial charge in [0.25, 0.3) is 11.6 Å². The van der Waals surface area contributed by atoms with Gasteiger partial charge >= 0.3 is 49.6 Å². The van der Waals surface area contributed by atoms with Crippen molar-refractivity contribution in [2.45, 2.75) is 555 Å². The zero-order valence-electron chi connectivity index (χ0n) is 82.3. The quantitative estimate of drug-likeness (QED) is 0.0116. The molecule has 3 saturated heterocycles. The van der Waals surface area contributed by atoms with Crippen LogP contribution < -0.4 is 10.6 Å². The van der Waals surface area contributed by atoms with Crippen LogP contribution in [0.15, 0.2) is 0 Å². The van der Waals surface area contributed by atoms with Crippen molar-refractivity contribution in [1.82, 2.24) is 10.6 Å². The molecule has 14 N–H and O–H groups in total. The summed E-state index contributed by atoms with van der Waals surface area (Å²) in [5.41, 5.74) is 0. The highest BCUT2D eigenvalue weighted by Gasteiger charge is 2.62. The minimum Gasteiger partial charge on any atom is -0.481 e. The molecule has 2 amide bonds. The third-order valence-corrected chi connectivity index (χ3v) is 26.4. The molecule has 0 aromatic rings. The number of ether oxygens (including phenoxy) is 9. The second kappa shape index (κ2) is 73.0. The van der Waals surface area contributed by atoms with Crippen LogP contribution in [0.4, 0.5) is 0 Å². The fourth-order valence-corrected chi connectivity index (χ4v) is 18.6.